The summed E-state index contributed by atoms with van der Waals surface area (Å²) < 4.78 is 0. The van der Waals surface area contributed by atoms with Crippen molar-refractivity contribution in [2.75, 3.05) is 11.4 Å². The maximum Gasteiger partial charge on any atom is 0.0525 e. The van der Waals surface area contributed by atoms with Gasteiger partial charge in [-0.15, -0.1) is 11.3 Å². The van der Waals surface area contributed by atoms with Gasteiger partial charge in [-0.3, -0.25) is 0 Å². The molecule has 1 unspecified atom stereocenters. The SMILES string of the molecule is Cc1cccc(CN)c1N1CCc2sccc2C1C. The number of para-hydroxylation sites is 1. The van der Waals surface area contributed by atoms with Crippen LogP contribution in [0.5, 0.6) is 0 Å². The minimum absolute atomic E-state index is 0.446. The van der Waals surface area contributed by atoms with E-state index < -0.39 is 0 Å². The summed E-state index contributed by atoms with van der Waals surface area (Å²) in [5.74, 6) is 0. The first kappa shape index (κ1) is 12.7. The zero-order valence-electron chi connectivity index (χ0n) is 11.5. The van der Waals surface area contributed by atoms with E-state index in [1.807, 2.05) is 11.3 Å². The van der Waals surface area contributed by atoms with Crippen LogP contribution in [0.1, 0.15) is 34.5 Å². The molecule has 1 aliphatic rings. The lowest BCUT2D eigenvalue weighted by molar-refractivity contribution is 0.628. The van der Waals surface area contributed by atoms with Crippen molar-refractivity contribution in [2.24, 2.45) is 5.73 Å². The number of nitrogens with two attached hydrogens (primary N) is 1. The Morgan fingerprint density at radius 2 is 2.21 bits per heavy atom. The van der Waals surface area contributed by atoms with E-state index in [-0.39, 0.29) is 0 Å². The molecule has 1 aromatic carbocycles. The quantitative estimate of drug-likeness (QED) is 0.904. The maximum atomic E-state index is 5.92. The van der Waals surface area contributed by atoms with Crippen molar-refractivity contribution < 1.29 is 0 Å². The highest BCUT2D eigenvalue weighted by atomic mass is 32.1. The highest BCUT2D eigenvalue weighted by Gasteiger charge is 2.26. The third kappa shape index (κ3) is 2.07. The Morgan fingerprint density at radius 3 is 3.00 bits per heavy atom. The van der Waals surface area contributed by atoms with Gasteiger partial charge >= 0.3 is 0 Å². The fourth-order valence-electron chi connectivity index (χ4n) is 3.11. The van der Waals surface area contributed by atoms with Crippen LogP contribution in [-0.2, 0) is 13.0 Å². The molecule has 2 N–H and O–H groups in total. The molecule has 0 fully saturated rings. The summed E-state index contributed by atoms with van der Waals surface area (Å²) in [6.45, 7) is 6.19. The number of hydrogen-bond acceptors (Lipinski definition) is 3. The summed E-state index contributed by atoms with van der Waals surface area (Å²) in [5.41, 5.74) is 11.3. The van der Waals surface area contributed by atoms with Crippen molar-refractivity contribution in [3.8, 4) is 0 Å². The van der Waals surface area contributed by atoms with Crippen molar-refractivity contribution in [2.45, 2.75) is 32.9 Å². The normalized spacial score (nSPS) is 18.5. The molecule has 0 saturated carbocycles. The van der Waals surface area contributed by atoms with Crippen LogP contribution in [0.4, 0.5) is 5.69 Å². The van der Waals surface area contributed by atoms with Crippen molar-refractivity contribution >= 4 is 17.0 Å². The van der Waals surface area contributed by atoms with E-state index in [2.05, 4.69) is 48.4 Å². The highest BCUT2D eigenvalue weighted by molar-refractivity contribution is 7.10. The lowest BCUT2D eigenvalue weighted by Crippen LogP contribution is -2.34. The third-order valence-corrected chi connectivity index (χ3v) is 5.10. The van der Waals surface area contributed by atoms with Gasteiger partial charge in [0.25, 0.3) is 0 Å². The summed E-state index contributed by atoms with van der Waals surface area (Å²) >= 11 is 1.89. The fourth-order valence-corrected chi connectivity index (χ4v) is 4.07. The van der Waals surface area contributed by atoms with Gasteiger partial charge in [-0.25, -0.2) is 0 Å². The summed E-state index contributed by atoms with van der Waals surface area (Å²) in [7, 11) is 0. The second-order valence-electron chi connectivity index (χ2n) is 5.21. The van der Waals surface area contributed by atoms with E-state index >= 15 is 0 Å². The van der Waals surface area contributed by atoms with Crippen molar-refractivity contribution in [3.63, 3.8) is 0 Å². The van der Waals surface area contributed by atoms with Crippen LogP contribution in [0.2, 0.25) is 0 Å². The number of anilines is 1. The molecule has 3 heteroatoms. The molecule has 100 valence electrons. The zero-order valence-corrected chi connectivity index (χ0v) is 12.3. The molecule has 0 bridgehead atoms. The highest BCUT2D eigenvalue weighted by Crippen LogP contribution is 2.38. The van der Waals surface area contributed by atoms with Crippen molar-refractivity contribution in [3.05, 3.63) is 51.2 Å². The molecule has 1 aliphatic heterocycles. The van der Waals surface area contributed by atoms with Gasteiger partial charge in [0.1, 0.15) is 0 Å². The van der Waals surface area contributed by atoms with E-state index in [1.54, 1.807) is 4.88 Å². The number of rotatable bonds is 2. The number of fused-ring (bicyclic) bond motifs is 1. The van der Waals surface area contributed by atoms with Gasteiger partial charge in [-0.2, -0.15) is 0 Å². The minimum atomic E-state index is 0.446. The van der Waals surface area contributed by atoms with Crippen LogP contribution in [0, 0.1) is 6.92 Å². The number of benzene rings is 1. The number of thiophene rings is 1. The number of hydrogen-bond donors (Lipinski definition) is 1. The van der Waals surface area contributed by atoms with Gasteiger partial charge in [-0.05, 0) is 48.4 Å². The predicted octanol–water partition coefficient (Wildman–Crippen LogP) is 3.64. The molecule has 1 atom stereocenters. The molecule has 0 spiro atoms. The van der Waals surface area contributed by atoms with Crippen LogP contribution in [0.3, 0.4) is 0 Å². The smallest absolute Gasteiger partial charge is 0.0525 e. The molecule has 2 aromatic rings. The van der Waals surface area contributed by atoms with Crippen molar-refractivity contribution in [1.29, 1.82) is 0 Å². The second-order valence-corrected chi connectivity index (χ2v) is 6.21. The van der Waals surface area contributed by atoms with Crippen molar-refractivity contribution in [1.82, 2.24) is 0 Å². The third-order valence-electron chi connectivity index (χ3n) is 4.11. The van der Waals surface area contributed by atoms with Gasteiger partial charge in [0, 0.05) is 23.7 Å². The van der Waals surface area contributed by atoms with Crippen LogP contribution in [0.15, 0.2) is 29.6 Å². The standard InChI is InChI=1S/C16H20N2S/c1-11-4-3-5-13(10-17)16(11)18-8-6-15-14(12(18)2)7-9-19-15/h3-5,7,9,12H,6,8,10,17H2,1-2H3. The van der Waals surface area contributed by atoms with Crippen LogP contribution < -0.4 is 10.6 Å². The van der Waals surface area contributed by atoms with E-state index in [1.165, 1.54) is 22.4 Å². The lowest BCUT2D eigenvalue weighted by atomic mass is 9.97. The van der Waals surface area contributed by atoms with Gasteiger partial charge in [-0.1, -0.05) is 18.2 Å². The molecule has 0 aliphatic carbocycles. The first-order valence-corrected chi connectivity index (χ1v) is 7.71. The number of nitrogens with zero attached hydrogens (tertiary/aromatic N) is 1. The molecular formula is C16H20N2S. The van der Waals surface area contributed by atoms with Gasteiger partial charge in [0.15, 0.2) is 0 Å². The fraction of sp³-hybridized carbons (Fsp3) is 0.375. The average molecular weight is 272 g/mol. The van der Waals surface area contributed by atoms with Gasteiger partial charge < -0.3 is 10.6 Å². The first-order valence-electron chi connectivity index (χ1n) is 6.84. The first-order chi connectivity index (χ1) is 9.22. The molecule has 1 aromatic heterocycles. The molecule has 0 radical (unpaired) electrons. The van der Waals surface area contributed by atoms with E-state index in [4.69, 9.17) is 5.73 Å². The Balaban J connectivity index is 2.05. The Morgan fingerprint density at radius 1 is 1.37 bits per heavy atom. The summed E-state index contributed by atoms with van der Waals surface area (Å²) in [4.78, 5) is 4.07. The molecule has 0 amide bonds. The molecule has 0 saturated heterocycles. The summed E-state index contributed by atoms with van der Waals surface area (Å²) in [6.07, 6.45) is 1.15. The topological polar surface area (TPSA) is 29.3 Å². The molecule has 19 heavy (non-hydrogen) atoms. The van der Waals surface area contributed by atoms with Crippen LogP contribution in [-0.4, -0.2) is 6.54 Å². The molecular weight excluding hydrogens is 252 g/mol. The molecule has 3 rings (SSSR count). The number of aryl methyl sites for hydroxylation is 1. The van der Waals surface area contributed by atoms with E-state index in [9.17, 15) is 0 Å². The summed E-state index contributed by atoms with van der Waals surface area (Å²) in [5, 5.41) is 2.21. The lowest BCUT2D eigenvalue weighted by Gasteiger charge is -2.37. The minimum Gasteiger partial charge on any atom is -0.364 e. The largest absolute Gasteiger partial charge is 0.364 e. The molecule has 2 heterocycles. The molecule has 2 nitrogen and oxygen atoms in total. The average Bonchev–Trinajstić information content (AvgIpc) is 2.89. The predicted molar refractivity (Wildman–Crippen MR) is 82.9 cm³/mol. The van der Waals surface area contributed by atoms with Crippen LogP contribution >= 0.6 is 11.3 Å². The second kappa shape index (κ2) is 4.99. The maximum absolute atomic E-state index is 5.92. The van der Waals surface area contributed by atoms with Gasteiger partial charge in [0.2, 0.25) is 0 Å². The summed E-state index contributed by atoms with van der Waals surface area (Å²) in [6, 6.07) is 9.16. The Labute approximate surface area is 118 Å². The van der Waals surface area contributed by atoms with Crippen LogP contribution in [0.25, 0.3) is 0 Å². The van der Waals surface area contributed by atoms with E-state index in [0.29, 0.717) is 12.6 Å². The Kier molecular flexibility index (Phi) is 3.33. The van der Waals surface area contributed by atoms with Gasteiger partial charge in [0.05, 0.1) is 6.04 Å². The Bertz CT molecular complexity index is 588. The van der Waals surface area contributed by atoms with E-state index in [0.717, 1.165) is 13.0 Å². The zero-order chi connectivity index (χ0) is 13.4. The Hall–Kier alpha value is -1.32. The monoisotopic (exact) mass is 272 g/mol.